The molecule has 0 radical (unpaired) electrons. The van der Waals surface area contributed by atoms with Gasteiger partial charge in [0.25, 0.3) is 0 Å². The zero-order valence-electron chi connectivity index (χ0n) is 15.0. The van der Waals surface area contributed by atoms with E-state index in [4.69, 9.17) is 0 Å². The summed E-state index contributed by atoms with van der Waals surface area (Å²) in [7, 11) is 0. The minimum absolute atomic E-state index is 0.0187. The van der Waals surface area contributed by atoms with Gasteiger partial charge in [0, 0.05) is 25.1 Å². The van der Waals surface area contributed by atoms with Gasteiger partial charge in [-0.05, 0) is 68.3 Å². The Bertz CT molecular complexity index is 608. The average molecular weight is 366 g/mol. The van der Waals surface area contributed by atoms with Gasteiger partial charge in [0.15, 0.2) is 0 Å². The molecule has 26 heavy (non-hydrogen) atoms. The van der Waals surface area contributed by atoms with E-state index in [1.165, 1.54) is 0 Å². The van der Waals surface area contributed by atoms with Crippen LogP contribution >= 0.6 is 0 Å². The third-order valence-electron chi connectivity index (χ3n) is 5.80. The van der Waals surface area contributed by atoms with E-state index >= 15 is 0 Å². The van der Waals surface area contributed by atoms with Crippen LogP contribution in [0.25, 0.3) is 0 Å². The van der Waals surface area contributed by atoms with Gasteiger partial charge in [0.1, 0.15) is 0 Å². The van der Waals surface area contributed by atoms with Crippen molar-refractivity contribution in [1.29, 1.82) is 0 Å². The number of rotatable bonds is 7. The molecule has 1 aliphatic carbocycles. The van der Waals surface area contributed by atoms with Crippen LogP contribution in [0.5, 0.6) is 0 Å². The maximum Gasteiger partial charge on any atom is 0.307 e. The summed E-state index contributed by atoms with van der Waals surface area (Å²) in [5, 5.41) is 16.2. The Morgan fingerprint density at radius 3 is 2.73 bits per heavy atom. The monoisotopic (exact) mass is 366 g/mol. The average Bonchev–Trinajstić information content (AvgIpc) is 3.13. The number of carbonyl (C=O) groups is 1. The molecule has 2 fully saturated rings. The number of halogens is 2. The lowest BCUT2D eigenvalue weighted by Gasteiger charge is -2.28. The van der Waals surface area contributed by atoms with Crippen molar-refractivity contribution >= 4 is 11.7 Å². The Labute approximate surface area is 153 Å². The number of nitrogens with one attached hydrogen (secondary N) is 2. The van der Waals surface area contributed by atoms with Crippen LogP contribution < -0.4 is 10.6 Å². The first-order chi connectivity index (χ1) is 12.4. The molecular weight excluding hydrogens is 338 g/mol. The van der Waals surface area contributed by atoms with Crippen molar-refractivity contribution in [2.75, 3.05) is 25.0 Å². The highest BCUT2D eigenvalue weighted by molar-refractivity contribution is 5.71. The Balaban J connectivity index is 1.55. The minimum atomic E-state index is -2.49. The number of carboxylic acid groups (broad SMARTS) is 1. The van der Waals surface area contributed by atoms with Crippen molar-refractivity contribution < 1.29 is 18.7 Å². The second kappa shape index (κ2) is 8.33. The normalized spacial score (nSPS) is 24.3. The summed E-state index contributed by atoms with van der Waals surface area (Å²) in [6.45, 7) is 2.34. The number of anilines is 1. The van der Waals surface area contributed by atoms with Gasteiger partial charge in [-0.25, -0.2) is 8.78 Å². The molecule has 3 N–H and O–H groups in total. The van der Waals surface area contributed by atoms with Gasteiger partial charge < -0.3 is 15.7 Å². The number of aliphatic carboxylic acids is 1. The van der Waals surface area contributed by atoms with Crippen LogP contribution in [0.2, 0.25) is 0 Å². The van der Waals surface area contributed by atoms with E-state index in [0.717, 1.165) is 30.8 Å². The van der Waals surface area contributed by atoms with E-state index in [2.05, 4.69) is 10.6 Å². The molecule has 6 heteroatoms. The summed E-state index contributed by atoms with van der Waals surface area (Å²) in [5.74, 6) is -3.15. The van der Waals surface area contributed by atoms with E-state index in [0.29, 0.717) is 25.8 Å². The van der Waals surface area contributed by atoms with Crippen molar-refractivity contribution in [2.24, 2.45) is 17.8 Å². The fourth-order valence-electron chi connectivity index (χ4n) is 4.10. The molecule has 1 aromatic carbocycles. The number of benzene rings is 1. The fraction of sp³-hybridized carbons (Fsp3) is 0.650. The first kappa shape index (κ1) is 19.1. The van der Waals surface area contributed by atoms with Crippen molar-refractivity contribution in [1.82, 2.24) is 5.32 Å². The van der Waals surface area contributed by atoms with E-state index in [1.807, 2.05) is 24.3 Å². The molecule has 1 saturated carbocycles. The zero-order chi connectivity index (χ0) is 18.6. The van der Waals surface area contributed by atoms with E-state index < -0.39 is 11.9 Å². The molecule has 0 bridgehead atoms. The number of carboxylic acids is 1. The lowest BCUT2D eigenvalue weighted by atomic mass is 9.86. The molecule has 1 aromatic rings. The second-order valence-electron chi connectivity index (χ2n) is 7.78. The van der Waals surface area contributed by atoms with E-state index in [9.17, 15) is 18.7 Å². The fourth-order valence-corrected chi connectivity index (χ4v) is 4.10. The molecule has 2 atom stereocenters. The number of hydrogen-bond acceptors (Lipinski definition) is 3. The van der Waals surface area contributed by atoms with Crippen LogP contribution in [0.3, 0.4) is 0 Å². The molecule has 0 aromatic heterocycles. The lowest BCUT2D eigenvalue weighted by Crippen LogP contribution is -2.28. The molecule has 0 amide bonds. The van der Waals surface area contributed by atoms with Crippen molar-refractivity contribution in [3.8, 4) is 0 Å². The van der Waals surface area contributed by atoms with Gasteiger partial charge >= 0.3 is 5.97 Å². The first-order valence-corrected chi connectivity index (χ1v) is 9.57. The molecule has 1 saturated heterocycles. The van der Waals surface area contributed by atoms with Crippen LogP contribution in [-0.4, -0.2) is 36.6 Å². The van der Waals surface area contributed by atoms with Crippen molar-refractivity contribution in [2.45, 2.75) is 44.4 Å². The highest BCUT2D eigenvalue weighted by atomic mass is 19.3. The maximum atomic E-state index is 13.2. The molecule has 1 heterocycles. The van der Waals surface area contributed by atoms with Crippen LogP contribution in [0.1, 0.15) is 37.7 Å². The van der Waals surface area contributed by atoms with Crippen molar-refractivity contribution in [3.05, 3.63) is 29.8 Å². The van der Waals surface area contributed by atoms with E-state index in [1.54, 1.807) is 0 Å². The van der Waals surface area contributed by atoms with Gasteiger partial charge in [0.05, 0.1) is 5.92 Å². The molecule has 2 aliphatic rings. The summed E-state index contributed by atoms with van der Waals surface area (Å²) in [6.07, 6.45) is 2.49. The number of hydrogen-bond donors (Lipinski definition) is 3. The molecule has 0 spiro atoms. The first-order valence-electron chi connectivity index (χ1n) is 9.57. The summed E-state index contributed by atoms with van der Waals surface area (Å²) >= 11 is 0. The summed E-state index contributed by atoms with van der Waals surface area (Å²) in [4.78, 5) is 11.7. The zero-order valence-corrected chi connectivity index (χ0v) is 15.0. The lowest BCUT2D eigenvalue weighted by molar-refractivity contribution is -0.143. The SMILES string of the molecule is O=C(O)[C@@H](Cc1cccc(NCC2CCC(F)(F)CC2)c1)[C@H]1CCNC1. The van der Waals surface area contributed by atoms with Gasteiger partial charge in [-0.15, -0.1) is 0 Å². The molecule has 3 rings (SSSR count). The smallest absolute Gasteiger partial charge is 0.307 e. The third-order valence-corrected chi connectivity index (χ3v) is 5.80. The molecule has 0 unspecified atom stereocenters. The second-order valence-corrected chi connectivity index (χ2v) is 7.78. The topological polar surface area (TPSA) is 61.4 Å². The Kier molecular flexibility index (Phi) is 6.12. The van der Waals surface area contributed by atoms with E-state index in [-0.39, 0.29) is 30.6 Å². The van der Waals surface area contributed by atoms with Gasteiger partial charge in [-0.3, -0.25) is 4.79 Å². The van der Waals surface area contributed by atoms with Crippen LogP contribution in [0.4, 0.5) is 14.5 Å². The molecular formula is C20H28F2N2O2. The standard InChI is InChI=1S/C20H28F2N2O2/c21-20(22)7-4-14(5-8-20)12-24-17-3-1-2-15(10-17)11-18(19(25)26)16-6-9-23-13-16/h1-3,10,14,16,18,23-24H,4-9,11-13H2,(H,25,26)/t16-,18-/m0/s1. The predicted octanol–water partition coefficient (Wildman–Crippen LogP) is 3.78. The van der Waals surface area contributed by atoms with Gasteiger partial charge in [0.2, 0.25) is 5.92 Å². The highest BCUT2D eigenvalue weighted by Crippen LogP contribution is 2.36. The van der Waals surface area contributed by atoms with Crippen LogP contribution in [0, 0.1) is 17.8 Å². The largest absolute Gasteiger partial charge is 0.481 e. The Morgan fingerprint density at radius 1 is 1.31 bits per heavy atom. The summed E-state index contributed by atoms with van der Waals surface area (Å²) in [5.41, 5.74) is 1.94. The van der Waals surface area contributed by atoms with Crippen LogP contribution in [0.15, 0.2) is 24.3 Å². The van der Waals surface area contributed by atoms with Gasteiger partial charge in [-0.1, -0.05) is 12.1 Å². The van der Waals surface area contributed by atoms with Crippen LogP contribution in [-0.2, 0) is 11.2 Å². The summed E-state index contributed by atoms with van der Waals surface area (Å²) < 4.78 is 26.5. The molecule has 144 valence electrons. The highest BCUT2D eigenvalue weighted by Gasteiger charge is 2.34. The molecule has 1 aliphatic heterocycles. The molecule has 4 nitrogen and oxygen atoms in total. The Morgan fingerprint density at radius 2 is 2.08 bits per heavy atom. The minimum Gasteiger partial charge on any atom is -0.481 e. The quantitative estimate of drug-likeness (QED) is 0.687. The number of alkyl halides is 2. The summed E-state index contributed by atoms with van der Waals surface area (Å²) in [6, 6.07) is 7.84. The van der Waals surface area contributed by atoms with Gasteiger partial charge in [-0.2, -0.15) is 0 Å². The Hall–Kier alpha value is -1.69. The third kappa shape index (κ3) is 5.16. The maximum absolute atomic E-state index is 13.2. The predicted molar refractivity (Wildman–Crippen MR) is 97.6 cm³/mol. The van der Waals surface area contributed by atoms with Crippen molar-refractivity contribution in [3.63, 3.8) is 0 Å².